The molecule has 0 aliphatic carbocycles. The third-order valence-corrected chi connectivity index (χ3v) is 3.53. The molecule has 6 nitrogen and oxygen atoms in total. The molecule has 0 saturated heterocycles. The van der Waals surface area contributed by atoms with E-state index in [2.05, 4.69) is 5.32 Å². The van der Waals surface area contributed by atoms with Crippen molar-refractivity contribution in [3.05, 3.63) is 59.9 Å². The Morgan fingerprint density at radius 2 is 1.78 bits per heavy atom. The summed E-state index contributed by atoms with van der Waals surface area (Å²) in [6, 6.07) is 11.7. The lowest BCUT2D eigenvalue weighted by atomic mass is 10.1. The highest BCUT2D eigenvalue weighted by atomic mass is 19.1. The zero-order valence-corrected chi connectivity index (χ0v) is 14.9. The van der Waals surface area contributed by atoms with Crippen molar-refractivity contribution < 1.29 is 28.2 Å². The summed E-state index contributed by atoms with van der Waals surface area (Å²) in [5.74, 6) is -1.08. The van der Waals surface area contributed by atoms with Crippen LogP contribution < -0.4 is 10.1 Å². The number of esters is 1. The minimum atomic E-state index is -0.480. The summed E-state index contributed by atoms with van der Waals surface area (Å²) < 4.78 is 22.9. The van der Waals surface area contributed by atoms with Gasteiger partial charge in [-0.2, -0.15) is 0 Å². The van der Waals surface area contributed by atoms with Gasteiger partial charge in [0.05, 0.1) is 6.61 Å². The fourth-order valence-corrected chi connectivity index (χ4v) is 2.24. The van der Waals surface area contributed by atoms with Gasteiger partial charge >= 0.3 is 5.97 Å². The van der Waals surface area contributed by atoms with Crippen molar-refractivity contribution in [1.29, 1.82) is 0 Å². The van der Waals surface area contributed by atoms with E-state index in [1.54, 1.807) is 31.2 Å². The molecular weight excluding hydrogens is 353 g/mol. The first-order chi connectivity index (χ1) is 13.0. The van der Waals surface area contributed by atoms with Crippen LogP contribution in [0.5, 0.6) is 5.75 Å². The second-order valence-corrected chi connectivity index (χ2v) is 5.60. The van der Waals surface area contributed by atoms with Crippen LogP contribution in [0.25, 0.3) is 0 Å². The fraction of sp³-hybridized carbons (Fsp3) is 0.250. The highest BCUT2D eigenvalue weighted by molar-refractivity contribution is 6.00. The Kier molecular flexibility index (Phi) is 7.49. The number of halogens is 1. The molecule has 1 N–H and O–H groups in total. The van der Waals surface area contributed by atoms with Crippen molar-refractivity contribution in [2.75, 3.05) is 18.5 Å². The molecule has 1 amide bonds. The number of hydrogen-bond donors (Lipinski definition) is 1. The summed E-state index contributed by atoms with van der Waals surface area (Å²) in [7, 11) is 0. The molecule has 0 aliphatic heterocycles. The van der Waals surface area contributed by atoms with E-state index >= 15 is 0 Å². The van der Waals surface area contributed by atoms with Crippen LogP contribution in [0.1, 0.15) is 30.1 Å². The summed E-state index contributed by atoms with van der Waals surface area (Å²) in [5, 5.41) is 2.66. The molecule has 2 aromatic carbocycles. The summed E-state index contributed by atoms with van der Waals surface area (Å²) in [4.78, 5) is 35.3. The molecule has 0 unspecified atom stereocenters. The average Bonchev–Trinajstić information content (AvgIpc) is 2.65. The van der Waals surface area contributed by atoms with Gasteiger partial charge < -0.3 is 14.8 Å². The molecule has 0 heterocycles. The molecule has 0 saturated carbocycles. The van der Waals surface area contributed by atoms with Gasteiger partial charge in [0, 0.05) is 30.2 Å². The molecule has 0 atom stereocenters. The molecule has 0 radical (unpaired) electrons. The molecule has 7 heteroatoms. The number of hydrogen-bond acceptors (Lipinski definition) is 5. The third kappa shape index (κ3) is 6.89. The van der Waals surface area contributed by atoms with Crippen LogP contribution in [0.3, 0.4) is 0 Å². The molecule has 2 rings (SSSR count). The lowest BCUT2D eigenvalue weighted by Gasteiger charge is -2.09. The second-order valence-electron chi connectivity index (χ2n) is 5.60. The summed E-state index contributed by atoms with van der Waals surface area (Å²) in [6.07, 6.45) is 0.000630. The molecule has 2 aromatic rings. The molecule has 27 heavy (non-hydrogen) atoms. The number of nitrogens with one attached hydrogen (secondary N) is 1. The Morgan fingerprint density at radius 1 is 1.04 bits per heavy atom. The predicted molar refractivity (Wildman–Crippen MR) is 97.2 cm³/mol. The molecule has 0 fully saturated rings. The van der Waals surface area contributed by atoms with Crippen LogP contribution in [0.2, 0.25) is 0 Å². The number of Topliss-reactive ketones (excluding diaryl/α,β-unsaturated/α-hetero) is 1. The average molecular weight is 373 g/mol. The largest absolute Gasteiger partial charge is 0.482 e. The van der Waals surface area contributed by atoms with E-state index < -0.39 is 11.8 Å². The first-order valence-electron chi connectivity index (χ1n) is 8.45. The van der Waals surface area contributed by atoms with Crippen LogP contribution >= 0.6 is 0 Å². The molecule has 0 spiro atoms. The van der Waals surface area contributed by atoms with Gasteiger partial charge in [-0.25, -0.2) is 9.18 Å². The number of rotatable bonds is 9. The van der Waals surface area contributed by atoms with Gasteiger partial charge in [-0.15, -0.1) is 0 Å². The normalized spacial score (nSPS) is 10.1. The van der Waals surface area contributed by atoms with E-state index in [1.165, 1.54) is 24.3 Å². The Hall–Kier alpha value is -3.22. The first-order valence-corrected chi connectivity index (χ1v) is 8.45. The van der Waals surface area contributed by atoms with Gasteiger partial charge in [0.15, 0.2) is 12.4 Å². The van der Waals surface area contributed by atoms with Gasteiger partial charge in [-0.05, 0) is 43.3 Å². The molecule has 0 aliphatic rings. The Bertz CT molecular complexity index is 804. The predicted octanol–water partition coefficient (Wildman–Crippen LogP) is 3.37. The number of ketones is 1. The SMILES string of the molecule is CCOC(=O)COc1cccc(NC(=O)CCC(=O)c2ccc(F)cc2)c1. The Labute approximate surface area is 156 Å². The van der Waals surface area contributed by atoms with E-state index in [-0.39, 0.29) is 37.7 Å². The van der Waals surface area contributed by atoms with Gasteiger partial charge in [0.2, 0.25) is 5.91 Å². The zero-order valence-electron chi connectivity index (χ0n) is 14.9. The molecule has 0 bridgehead atoms. The maximum absolute atomic E-state index is 12.9. The number of amides is 1. The van der Waals surface area contributed by atoms with Crippen molar-refractivity contribution in [2.24, 2.45) is 0 Å². The fourth-order valence-electron chi connectivity index (χ4n) is 2.24. The van der Waals surface area contributed by atoms with Crippen LogP contribution in [0.4, 0.5) is 10.1 Å². The standard InChI is InChI=1S/C20H20FNO5/c1-2-26-20(25)13-27-17-5-3-4-16(12-17)22-19(24)11-10-18(23)14-6-8-15(21)9-7-14/h3-9,12H,2,10-11,13H2,1H3,(H,22,24). The summed E-state index contributed by atoms with van der Waals surface area (Å²) >= 11 is 0. The zero-order chi connectivity index (χ0) is 19.6. The topological polar surface area (TPSA) is 81.7 Å². The number of benzene rings is 2. The van der Waals surface area contributed by atoms with Gasteiger partial charge in [0.1, 0.15) is 11.6 Å². The van der Waals surface area contributed by atoms with Gasteiger partial charge in [0.25, 0.3) is 0 Å². The number of anilines is 1. The maximum atomic E-state index is 12.9. The number of ether oxygens (including phenoxy) is 2. The van der Waals surface area contributed by atoms with Crippen LogP contribution in [0.15, 0.2) is 48.5 Å². The Morgan fingerprint density at radius 3 is 2.48 bits per heavy atom. The van der Waals surface area contributed by atoms with E-state index in [1.807, 2.05) is 0 Å². The summed E-state index contributed by atoms with van der Waals surface area (Å²) in [6.45, 7) is 1.75. The van der Waals surface area contributed by atoms with Crippen molar-refractivity contribution in [3.63, 3.8) is 0 Å². The van der Waals surface area contributed by atoms with Crippen molar-refractivity contribution >= 4 is 23.3 Å². The van der Waals surface area contributed by atoms with Crippen molar-refractivity contribution in [1.82, 2.24) is 0 Å². The number of carbonyl (C=O) groups is 3. The van der Waals surface area contributed by atoms with E-state index in [9.17, 15) is 18.8 Å². The maximum Gasteiger partial charge on any atom is 0.344 e. The minimum Gasteiger partial charge on any atom is -0.482 e. The van der Waals surface area contributed by atoms with Crippen LogP contribution in [-0.4, -0.2) is 30.9 Å². The lowest BCUT2D eigenvalue weighted by molar-refractivity contribution is -0.145. The molecule has 142 valence electrons. The Balaban J connectivity index is 1.82. The highest BCUT2D eigenvalue weighted by Gasteiger charge is 2.10. The van der Waals surface area contributed by atoms with E-state index in [4.69, 9.17) is 9.47 Å². The minimum absolute atomic E-state index is 0.00980. The third-order valence-electron chi connectivity index (χ3n) is 3.53. The lowest BCUT2D eigenvalue weighted by Crippen LogP contribution is -2.15. The highest BCUT2D eigenvalue weighted by Crippen LogP contribution is 2.18. The second kappa shape index (κ2) is 10.1. The van der Waals surface area contributed by atoms with E-state index in [0.717, 1.165) is 0 Å². The summed E-state index contributed by atoms with van der Waals surface area (Å²) in [5.41, 5.74) is 0.842. The monoisotopic (exact) mass is 373 g/mol. The van der Waals surface area contributed by atoms with Crippen molar-refractivity contribution in [3.8, 4) is 5.75 Å². The van der Waals surface area contributed by atoms with Crippen LogP contribution in [0, 0.1) is 5.82 Å². The van der Waals surface area contributed by atoms with Crippen molar-refractivity contribution in [2.45, 2.75) is 19.8 Å². The van der Waals surface area contributed by atoms with Gasteiger partial charge in [-0.1, -0.05) is 6.07 Å². The quantitative estimate of drug-likeness (QED) is 0.538. The van der Waals surface area contributed by atoms with Gasteiger partial charge in [-0.3, -0.25) is 9.59 Å². The number of carbonyl (C=O) groups excluding carboxylic acids is 3. The van der Waals surface area contributed by atoms with E-state index in [0.29, 0.717) is 17.0 Å². The smallest absolute Gasteiger partial charge is 0.344 e. The molecule has 0 aromatic heterocycles. The first kappa shape index (κ1) is 20.1. The van der Waals surface area contributed by atoms with Crippen LogP contribution in [-0.2, 0) is 14.3 Å². The molecular formula is C20H20FNO5.